The van der Waals surface area contributed by atoms with Crippen molar-refractivity contribution in [1.82, 2.24) is 0 Å². The minimum absolute atomic E-state index is 0.314. The molecule has 0 aromatic carbocycles. The summed E-state index contributed by atoms with van der Waals surface area (Å²) in [5.74, 6) is 2.04. The fourth-order valence-electron chi connectivity index (χ4n) is 2.79. The van der Waals surface area contributed by atoms with Gasteiger partial charge in [0, 0.05) is 11.8 Å². The van der Waals surface area contributed by atoms with Crippen molar-refractivity contribution in [2.75, 3.05) is 13.1 Å². The Morgan fingerprint density at radius 1 is 1.50 bits per heavy atom. The zero-order valence-electron chi connectivity index (χ0n) is 9.04. The van der Waals surface area contributed by atoms with Crippen molar-refractivity contribution >= 4 is 12.0 Å². The van der Waals surface area contributed by atoms with Crippen molar-refractivity contribution in [3.8, 4) is 0 Å². The van der Waals surface area contributed by atoms with E-state index in [2.05, 4.69) is 10.8 Å². The van der Waals surface area contributed by atoms with Crippen LogP contribution in [0.3, 0.4) is 0 Å². The molecule has 0 radical (unpaired) electrons. The Hall–Kier alpha value is -0.660. The third-order valence-electron chi connectivity index (χ3n) is 3.49. The zero-order chi connectivity index (χ0) is 9.97. The van der Waals surface area contributed by atoms with Gasteiger partial charge in [-0.05, 0) is 26.2 Å². The van der Waals surface area contributed by atoms with Crippen LogP contribution in [0.25, 0.3) is 0 Å². The van der Waals surface area contributed by atoms with Gasteiger partial charge in [-0.3, -0.25) is 4.79 Å². The number of fused-ring (bicyclic) bond motifs is 2. The van der Waals surface area contributed by atoms with Gasteiger partial charge in [0.1, 0.15) is 25.1 Å². The van der Waals surface area contributed by atoms with Gasteiger partial charge < -0.3 is 0 Å². The SMILES string of the molecule is CC(=O)CC[N+]1=C[C@@H]2CCC[C@H](C2)C1. The summed E-state index contributed by atoms with van der Waals surface area (Å²) >= 11 is 0. The predicted molar refractivity (Wildman–Crippen MR) is 56.8 cm³/mol. The van der Waals surface area contributed by atoms with Crippen LogP contribution in [0.5, 0.6) is 0 Å². The molecule has 0 spiro atoms. The topological polar surface area (TPSA) is 20.1 Å². The first-order valence-electron chi connectivity index (χ1n) is 5.82. The molecule has 0 amide bonds. The number of ketones is 1. The molecule has 2 nitrogen and oxygen atoms in total. The number of rotatable bonds is 3. The Labute approximate surface area is 86.0 Å². The second-order valence-corrected chi connectivity index (χ2v) is 4.89. The van der Waals surface area contributed by atoms with Crippen molar-refractivity contribution in [3.05, 3.63) is 0 Å². The second kappa shape index (κ2) is 4.24. The summed E-state index contributed by atoms with van der Waals surface area (Å²) in [6, 6.07) is 0. The summed E-state index contributed by atoms with van der Waals surface area (Å²) in [4.78, 5) is 10.9. The standard InChI is InChI=1S/C12H20NO/c1-10(14)5-6-13-8-11-3-2-4-12(7-11)9-13/h8,11-12H,2-7,9H2,1H3/q+1/t11-,12-/m1/s1. The lowest BCUT2D eigenvalue weighted by Crippen LogP contribution is -2.35. The lowest BCUT2D eigenvalue weighted by Gasteiger charge is -2.29. The van der Waals surface area contributed by atoms with E-state index >= 15 is 0 Å². The van der Waals surface area contributed by atoms with E-state index in [1.807, 2.05) is 0 Å². The van der Waals surface area contributed by atoms with E-state index in [9.17, 15) is 4.79 Å². The maximum atomic E-state index is 10.9. The quantitative estimate of drug-likeness (QED) is 0.628. The zero-order valence-corrected chi connectivity index (χ0v) is 9.04. The first-order valence-corrected chi connectivity index (χ1v) is 5.82. The van der Waals surface area contributed by atoms with Gasteiger partial charge >= 0.3 is 0 Å². The highest BCUT2D eigenvalue weighted by molar-refractivity contribution is 5.75. The molecule has 2 heteroatoms. The summed E-state index contributed by atoms with van der Waals surface area (Å²) < 4.78 is 2.39. The van der Waals surface area contributed by atoms with Crippen LogP contribution in [0.1, 0.15) is 39.0 Å². The van der Waals surface area contributed by atoms with E-state index in [1.54, 1.807) is 6.92 Å². The fraction of sp³-hybridized carbons (Fsp3) is 0.833. The molecule has 78 valence electrons. The number of carbonyl (C=O) groups is 1. The molecule has 2 rings (SSSR count). The molecule has 0 unspecified atom stereocenters. The second-order valence-electron chi connectivity index (χ2n) is 4.89. The Balaban J connectivity index is 1.92. The molecular formula is C12H20NO+. The first-order chi connectivity index (χ1) is 6.74. The third-order valence-corrected chi connectivity index (χ3v) is 3.49. The molecule has 0 N–H and O–H groups in total. The Morgan fingerprint density at radius 2 is 2.36 bits per heavy atom. The van der Waals surface area contributed by atoms with Crippen molar-refractivity contribution < 1.29 is 9.37 Å². The van der Waals surface area contributed by atoms with E-state index in [1.165, 1.54) is 32.2 Å². The van der Waals surface area contributed by atoms with Crippen molar-refractivity contribution in [3.63, 3.8) is 0 Å². The van der Waals surface area contributed by atoms with Gasteiger partial charge in [-0.1, -0.05) is 6.42 Å². The number of Topliss-reactive ketones (excluding diaryl/α,β-unsaturated/α-hetero) is 1. The first kappa shape index (κ1) is 9.88. The summed E-state index contributed by atoms with van der Waals surface area (Å²) in [6.07, 6.45) is 8.69. The van der Waals surface area contributed by atoms with Crippen LogP contribution in [0, 0.1) is 11.8 Å². The average molecular weight is 194 g/mol. The van der Waals surface area contributed by atoms with E-state index in [-0.39, 0.29) is 0 Å². The van der Waals surface area contributed by atoms with Crippen LogP contribution in [0.4, 0.5) is 0 Å². The van der Waals surface area contributed by atoms with Gasteiger partial charge in [0.25, 0.3) is 0 Å². The normalized spacial score (nSPS) is 31.1. The summed E-state index contributed by atoms with van der Waals surface area (Å²) in [6.45, 7) is 3.83. The predicted octanol–water partition coefficient (Wildman–Crippen LogP) is 1.87. The molecule has 0 saturated heterocycles. The molecule has 1 fully saturated rings. The maximum absolute atomic E-state index is 10.9. The van der Waals surface area contributed by atoms with Gasteiger partial charge in [0.2, 0.25) is 0 Å². The Kier molecular flexibility index (Phi) is 2.99. The molecule has 2 aliphatic rings. The minimum atomic E-state index is 0.314. The van der Waals surface area contributed by atoms with Gasteiger partial charge in [-0.25, -0.2) is 4.58 Å². The van der Waals surface area contributed by atoms with Crippen molar-refractivity contribution in [2.45, 2.75) is 39.0 Å². The molecule has 1 saturated carbocycles. The molecule has 0 aromatic heterocycles. The summed E-state index contributed by atoms with van der Waals surface area (Å²) in [7, 11) is 0. The number of carbonyl (C=O) groups excluding carboxylic acids is 1. The number of hydrogen-bond acceptors (Lipinski definition) is 1. The molecule has 1 aliphatic heterocycles. The lowest BCUT2D eigenvalue weighted by atomic mass is 9.80. The minimum Gasteiger partial charge on any atom is -0.300 e. The monoisotopic (exact) mass is 194 g/mol. The molecule has 14 heavy (non-hydrogen) atoms. The van der Waals surface area contributed by atoms with Crippen LogP contribution in [-0.2, 0) is 4.79 Å². The summed E-state index contributed by atoms with van der Waals surface area (Å²) in [5, 5.41) is 0. The highest BCUT2D eigenvalue weighted by atomic mass is 16.1. The van der Waals surface area contributed by atoms with Gasteiger partial charge in [0.15, 0.2) is 0 Å². The number of nitrogens with zero attached hydrogens (tertiary/aromatic N) is 1. The maximum Gasteiger partial charge on any atom is 0.149 e. The Bertz CT molecular complexity index is 257. The average Bonchev–Trinajstić information content (AvgIpc) is 2.14. The van der Waals surface area contributed by atoms with Crippen LogP contribution in [0.2, 0.25) is 0 Å². The van der Waals surface area contributed by atoms with Crippen LogP contribution in [-0.4, -0.2) is 29.7 Å². The molecule has 1 aliphatic carbocycles. The van der Waals surface area contributed by atoms with Gasteiger partial charge in [-0.2, -0.15) is 0 Å². The van der Waals surface area contributed by atoms with E-state index in [4.69, 9.17) is 0 Å². The largest absolute Gasteiger partial charge is 0.300 e. The van der Waals surface area contributed by atoms with Gasteiger partial charge in [0.05, 0.1) is 6.42 Å². The molecule has 1 heterocycles. The molecule has 2 bridgehead atoms. The number of hydrogen-bond donors (Lipinski definition) is 0. The molecule has 0 aromatic rings. The Morgan fingerprint density at radius 3 is 3.07 bits per heavy atom. The molecular weight excluding hydrogens is 174 g/mol. The van der Waals surface area contributed by atoms with Crippen LogP contribution >= 0.6 is 0 Å². The van der Waals surface area contributed by atoms with Gasteiger partial charge in [-0.15, -0.1) is 0 Å². The smallest absolute Gasteiger partial charge is 0.149 e. The van der Waals surface area contributed by atoms with Crippen molar-refractivity contribution in [2.24, 2.45) is 11.8 Å². The van der Waals surface area contributed by atoms with E-state index in [0.29, 0.717) is 5.78 Å². The van der Waals surface area contributed by atoms with E-state index in [0.717, 1.165) is 24.8 Å². The van der Waals surface area contributed by atoms with Crippen molar-refractivity contribution in [1.29, 1.82) is 0 Å². The molecule has 2 atom stereocenters. The third kappa shape index (κ3) is 2.43. The van der Waals surface area contributed by atoms with E-state index < -0.39 is 0 Å². The highest BCUT2D eigenvalue weighted by Crippen LogP contribution is 2.30. The summed E-state index contributed by atoms with van der Waals surface area (Å²) in [5.41, 5.74) is 0. The lowest BCUT2D eigenvalue weighted by molar-refractivity contribution is -0.538. The van der Waals surface area contributed by atoms with Crippen LogP contribution in [0.15, 0.2) is 0 Å². The fourth-order valence-corrected chi connectivity index (χ4v) is 2.79. The highest BCUT2D eigenvalue weighted by Gasteiger charge is 2.30. The van der Waals surface area contributed by atoms with Crippen LogP contribution < -0.4 is 0 Å².